The molecule has 0 radical (unpaired) electrons. The fourth-order valence-electron chi connectivity index (χ4n) is 2.92. The number of halogens is 1. The average molecular weight is 346 g/mol. The highest BCUT2D eigenvalue weighted by Crippen LogP contribution is 2.36. The molecule has 0 fully saturated rings. The van der Waals surface area contributed by atoms with Crippen LogP contribution in [0.15, 0.2) is 59.5 Å². The first kappa shape index (κ1) is 18.1. The molecule has 2 aromatic carbocycles. The predicted octanol–water partition coefficient (Wildman–Crippen LogP) is 5.14. The van der Waals surface area contributed by atoms with E-state index in [2.05, 4.69) is 73.6 Å². The van der Waals surface area contributed by atoms with Crippen molar-refractivity contribution < 1.29 is 0 Å². The normalized spacial score (nSPS) is 15.3. The molecular weight excluding hydrogens is 322 g/mol. The van der Waals surface area contributed by atoms with E-state index in [1.807, 2.05) is 11.8 Å². The van der Waals surface area contributed by atoms with E-state index in [1.54, 1.807) is 0 Å². The molecule has 0 atom stereocenters. The second-order valence-corrected chi connectivity index (χ2v) is 7.10. The van der Waals surface area contributed by atoms with Crippen molar-refractivity contribution in [2.75, 3.05) is 26.4 Å². The first-order valence-corrected chi connectivity index (χ1v) is 8.89. The second kappa shape index (κ2) is 8.58. The molecule has 0 saturated heterocycles. The van der Waals surface area contributed by atoms with Gasteiger partial charge in [0.15, 0.2) is 0 Å². The summed E-state index contributed by atoms with van der Waals surface area (Å²) in [6.07, 6.45) is 4.64. The Balaban J connectivity index is 0.00000192. The van der Waals surface area contributed by atoms with Gasteiger partial charge in [0.05, 0.1) is 0 Å². The lowest BCUT2D eigenvalue weighted by Gasteiger charge is -2.20. The molecule has 2 aromatic rings. The van der Waals surface area contributed by atoms with Crippen molar-refractivity contribution in [3.05, 3.63) is 71.3 Å². The summed E-state index contributed by atoms with van der Waals surface area (Å²) in [4.78, 5) is 3.65. The van der Waals surface area contributed by atoms with E-state index in [0.717, 1.165) is 25.1 Å². The zero-order chi connectivity index (χ0) is 15.4. The van der Waals surface area contributed by atoms with Gasteiger partial charge in [-0.3, -0.25) is 0 Å². The minimum Gasteiger partial charge on any atom is -0.309 e. The Kier molecular flexibility index (Phi) is 6.76. The van der Waals surface area contributed by atoms with Crippen molar-refractivity contribution in [3.8, 4) is 0 Å². The van der Waals surface area contributed by atoms with E-state index in [9.17, 15) is 0 Å². The van der Waals surface area contributed by atoms with Crippen LogP contribution in [0.3, 0.4) is 0 Å². The van der Waals surface area contributed by atoms with Gasteiger partial charge in [-0.2, -0.15) is 0 Å². The number of benzene rings is 2. The Morgan fingerprint density at radius 3 is 2.48 bits per heavy atom. The maximum Gasteiger partial charge on any atom is 0.0151 e. The summed E-state index contributed by atoms with van der Waals surface area (Å²) in [5, 5.41) is 0. The molecule has 0 spiro atoms. The Morgan fingerprint density at radius 1 is 1.00 bits per heavy atom. The van der Waals surface area contributed by atoms with Gasteiger partial charge in [0.2, 0.25) is 0 Å². The molecule has 0 N–H and O–H groups in total. The zero-order valence-corrected chi connectivity index (χ0v) is 15.4. The Bertz CT molecular complexity index is 629. The quantitative estimate of drug-likeness (QED) is 0.757. The van der Waals surface area contributed by atoms with Gasteiger partial charge in [-0.05, 0) is 55.3 Å². The van der Waals surface area contributed by atoms with Crippen molar-refractivity contribution in [1.82, 2.24) is 4.90 Å². The second-order valence-electron chi connectivity index (χ2n) is 5.96. The van der Waals surface area contributed by atoms with Gasteiger partial charge < -0.3 is 4.90 Å². The summed E-state index contributed by atoms with van der Waals surface area (Å²) in [5.41, 5.74) is 5.67. The third-order valence-corrected chi connectivity index (χ3v) is 5.11. The summed E-state index contributed by atoms with van der Waals surface area (Å²) in [5.74, 6) is 1.15. The molecule has 0 saturated carbocycles. The summed E-state index contributed by atoms with van der Waals surface area (Å²) >= 11 is 1.98. The first-order chi connectivity index (χ1) is 10.8. The van der Waals surface area contributed by atoms with Gasteiger partial charge in [0, 0.05) is 17.2 Å². The molecular formula is C20H24ClNS. The molecule has 1 aliphatic rings. The van der Waals surface area contributed by atoms with Crippen LogP contribution < -0.4 is 0 Å². The highest BCUT2D eigenvalue weighted by molar-refractivity contribution is 7.99. The number of hydrogen-bond donors (Lipinski definition) is 0. The number of aryl methyl sites for hydroxylation is 1. The van der Waals surface area contributed by atoms with Crippen LogP contribution in [0.2, 0.25) is 0 Å². The van der Waals surface area contributed by atoms with E-state index in [1.165, 1.54) is 27.2 Å². The Labute approximate surface area is 150 Å². The van der Waals surface area contributed by atoms with Gasteiger partial charge in [-0.15, -0.1) is 24.2 Å². The molecule has 1 heterocycles. The predicted molar refractivity (Wildman–Crippen MR) is 105 cm³/mol. The molecule has 0 unspecified atom stereocenters. The standard InChI is InChI=1S/C20H23NS.ClH/c1-21(2)14-7-11-18-17-9-4-3-8-16(17)13-15-22-20-12-6-5-10-19(18)20;/h3-6,8-12H,7,13-15H2,1-2H3;1H/b18-11+;. The first-order valence-electron chi connectivity index (χ1n) is 7.91. The maximum absolute atomic E-state index is 2.42. The van der Waals surface area contributed by atoms with E-state index < -0.39 is 0 Å². The largest absolute Gasteiger partial charge is 0.309 e. The van der Waals surface area contributed by atoms with Crippen molar-refractivity contribution in [3.63, 3.8) is 0 Å². The van der Waals surface area contributed by atoms with Crippen LogP contribution in [-0.4, -0.2) is 31.3 Å². The summed E-state index contributed by atoms with van der Waals surface area (Å²) in [7, 11) is 4.27. The van der Waals surface area contributed by atoms with Crippen molar-refractivity contribution in [2.45, 2.75) is 17.7 Å². The molecule has 0 aliphatic carbocycles. The smallest absolute Gasteiger partial charge is 0.0151 e. The number of rotatable bonds is 3. The highest BCUT2D eigenvalue weighted by atomic mass is 35.5. The monoisotopic (exact) mass is 345 g/mol. The number of nitrogens with zero attached hydrogens (tertiary/aromatic N) is 1. The summed E-state index contributed by atoms with van der Waals surface area (Å²) < 4.78 is 0. The average Bonchev–Trinajstić information content (AvgIpc) is 2.51. The van der Waals surface area contributed by atoms with E-state index in [4.69, 9.17) is 0 Å². The molecule has 0 bridgehead atoms. The lowest BCUT2D eigenvalue weighted by Crippen LogP contribution is -2.12. The van der Waals surface area contributed by atoms with Crippen LogP contribution >= 0.6 is 24.2 Å². The maximum atomic E-state index is 2.42. The molecule has 0 amide bonds. The van der Waals surface area contributed by atoms with E-state index >= 15 is 0 Å². The third kappa shape index (κ3) is 4.41. The Morgan fingerprint density at radius 2 is 1.70 bits per heavy atom. The highest BCUT2D eigenvalue weighted by Gasteiger charge is 2.16. The number of fused-ring (bicyclic) bond motifs is 2. The number of thioether (sulfide) groups is 1. The molecule has 1 aliphatic heterocycles. The zero-order valence-electron chi connectivity index (χ0n) is 13.8. The van der Waals surface area contributed by atoms with Crippen molar-refractivity contribution in [1.29, 1.82) is 0 Å². The molecule has 0 aromatic heterocycles. The van der Waals surface area contributed by atoms with Crippen molar-refractivity contribution in [2.24, 2.45) is 0 Å². The summed E-state index contributed by atoms with van der Waals surface area (Å²) in [6.45, 7) is 1.08. The lowest BCUT2D eigenvalue weighted by atomic mass is 9.91. The number of hydrogen-bond acceptors (Lipinski definition) is 2. The fraction of sp³-hybridized carbons (Fsp3) is 0.300. The molecule has 3 heteroatoms. The van der Waals surface area contributed by atoms with E-state index in [-0.39, 0.29) is 12.4 Å². The van der Waals surface area contributed by atoms with Gasteiger partial charge in [0.1, 0.15) is 0 Å². The molecule has 1 nitrogen and oxygen atoms in total. The SMILES string of the molecule is CN(C)CC/C=C1\c2ccccc2CCSc2ccccc21.Cl. The van der Waals surface area contributed by atoms with Crippen LogP contribution in [0.25, 0.3) is 5.57 Å². The van der Waals surface area contributed by atoms with Crippen LogP contribution in [-0.2, 0) is 6.42 Å². The topological polar surface area (TPSA) is 3.24 Å². The van der Waals surface area contributed by atoms with Gasteiger partial charge in [-0.1, -0.05) is 48.5 Å². The fourth-order valence-corrected chi connectivity index (χ4v) is 3.97. The third-order valence-electron chi connectivity index (χ3n) is 4.04. The van der Waals surface area contributed by atoms with Gasteiger partial charge in [-0.25, -0.2) is 0 Å². The molecule has 3 rings (SSSR count). The summed E-state index contributed by atoms with van der Waals surface area (Å²) in [6, 6.07) is 17.7. The van der Waals surface area contributed by atoms with Crippen molar-refractivity contribution >= 4 is 29.7 Å². The van der Waals surface area contributed by atoms with Crippen LogP contribution in [0.5, 0.6) is 0 Å². The minimum absolute atomic E-state index is 0. The van der Waals surface area contributed by atoms with Gasteiger partial charge >= 0.3 is 0 Å². The molecule has 23 heavy (non-hydrogen) atoms. The molecule has 122 valence electrons. The van der Waals surface area contributed by atoms with Gasteiger partial charge in [0.25, 0.3) is 0 Å². The lowest BCUT2D eigenvalue weighted by molar-refractivity contribution is 0.417. The Hall–Kier alpha value is -1.22. The minimum atomic E-state index is 0. The van der Waals surface area contributed by atoms with Crippen LogP contribution in [0, 0.1) is 0 Å². The van der Waals surface area contributed by atoms with E-state index in [0.29, 0.717) is 0 Å². The van der Waals surface area contributed by atoms with Crippen LogP contribution in [0.1, 0.15) is 23.1 Å². The van der Waals surface area contributed by atoms with Crippen LogP contribution in [0.4, 0.5) is 0 Å².